The lowest BCUT2D eigenvalue weighted by Gasteiger charge is -2.58. The minimum atomic E-state index is 0.519. The average molecular weight is 264 g/mol. The summed E-state index contributed by atoms with van der Waals surface area (Å²) in [6.45, 7) is 12.4. The van der Waals surface area contributed by atoms with Crippen molar-refractivity contribution in [2.24, 2.45) is 22.2 Å². The summed E-state index contributed by atoms with van der Waals surface area (Å²) in [6, 6.07) is 0. The van der Waals surface area contributed by atoms with Gasteiger partial charge in [0.2, 0.25) is 0 Å². The fourth-order valence-corrected chi connectivity index (χ4v) is 5.10. The molecular formula is C19H36. The molecule has 112 valence electrons. The van der Waals surface area contributed by atoms with Gasteiger partial charge in [0.1, 0.15) is 0 Å². The van der Waals surface area contributed by atoms with Gasteiger partial charge in [0.15, 0.2) is 0 Å². The van der Waals surface area contributed by atoms with Crippen molar-refractivity contribution < 1.29 is 0 Å². The maximum absolute atomic E-state index is 2.65. The molecule has 2 aliphatic carbocycles. The minimum absolute atomic E-state index is 0.519. The number of fused-ring (bicyclic) bond motifs is 1. The van der Waals surface area contributed by atoms with Gasteiger partial charge in [-0.15, -0.1) is 0 Å². The van der Waals surface area contributed by atoms with Crippen LogP contribution in [0, 0.1) is 22.2 Å². The Kier molecular flexibility index (Phi) is 4.38. The Balaban J connectivity index is 1.99. The quantitative estimate of drug-likeness (QED) is 0.539. The maximum atomic E-state index is 2.65. The van der Waals surface area contributed by atoms with Crippen LogP contribution in [0.1, 0.15) is 98.8 Å². The molecule has 2 saturated carbocycles. The summed E-state index contributed by atoms with van der Waals surface area (Å²) in [7, 11) is 0. The van der Waals surface area contributed by atoms with E-state index in [-0.39, 0.29) is 0 Å². The second-order valence-corrected chi connectivity index (χ2v) is 9.23. The van der Waals surface area contributed by atoms with E-state index in [1.165, 1.54) is 64.2 Å². The van der Waals surface area contributed by atoms with Gasteiger partial charge in [0.25, 0.3) is 0 Å². The summed E-state index contributed by atoms with van der Waals surface area (Å²) < 4.78 is 0. The van der Waals surface area contributed by atoms with Crippen LogP contribution in [-0.2, 0) is 0 Å². The van der Waals surface area contributed by atoms with Crippen LogP contribution in [-0.4, -0.2) is 0 Å². The highest BCUT2D eigenvalue weighted by Crippen LogP contribution is 2.62. The lowest BCUT2D eigenvalue weighted by molar-refractivity contribution is -0.0781. The Morgan fingerprint density at radius 3 is 2.26 bits per heavy atom. The topological polar surface area (TPSA) is 0 Å². The van der Waals surface area contributed by atoms with Gasteiger partial charge in [-0.05, 0) is 60.7 Å². The Morgan fingerprint density at radius 2 is 1.58 bits per heavy atom. The fourth-order valence-electron chi connectivity index (χ4n) is 5.10. The summed E-state index contributed by atoms with van der Waals surface area (Å²) in [4.78, 5) is 0. The van der Waals surface area contributed by atoms with Crippen LogP contribution in [0.25, 0.3) is 0 Å². The first-order chi connectivity index (χ1) is 8.77. The van der Waals surface area contributed by atoms with Gasteiger partial charge < -0.3 is 0 Å². The third-order valence-corrected chi connectivity index (χ3v) is 6.72. The Hall–Kier alpha value is 0. The molecule has 19 heavy (non-hydrogen) atoms. The predicted octanol–water partition coefficient (Wildman–Crippen LogP) is 6.59. The molecule has 0 heterocycles. The van der Waals surface area contributed by atoms with E-state index in [9.17, 15) is 0 Å². The van der Waals surface area contributed by atoms with Gasteiger partial charge in [0.05, 0.1) is 0 Å². The summed E-state index contributed by atoms with van der Waals surface area (Å²) in [5.74, 6) is 1.01. The van der Waals surface area contributed by atoms with Crippen molar-refractivity contribution in [3.8, 4) is 0 Å². The van der Waals surface area contributed by atoms with Crippen LogP contribution in [0.5, 0.6) is 0 Å². The molecule has 0 N–H and O–H groups in total. The van der Waals surface area contributed by atoms with Crippen molar-refractivity contribution in [1.82, 2.24) is 0 Å². The molecule has 1 unspecified atom stereocenters. The maximum Gasteiger partial charge on any atom is -0.0244 e. The SMILES string of the molecule is CC(C)(C)CCCC1CCC[C@@]2(C)CCCC[C@@]12C. The molecule has 0 heteroatoms. The van der Waals surface area contributed by atoms with Crippen molar-refractivity contribution >= 4 is 0 Å². The summed E-state index contributed by atoms with van der Waals surface area (Å²) >= 11 is 0. The third kappa shape index (κ3) is 3.19. The number of hydrogen-bond acceptors (Lipinski definition) is 0. The second kappa shape index (κ2) is 5.41. The van der Waals surface area contributed by atoms with E-state index in [0.717, 1.165) is 5.92 Å². The Bertz CT molecular complexity index is 294. The summed E-state index contributed by atoms with van der Waals surface area (Å²) in [5, 5.41) is 0. The standard InChI is InChI=1S/C19H36/c1-17(2,3)12-8-10-16-11-9-14-18(4)13-6-7-15-19(16,18)5/h16H,6-15H2,1-5H3/t16?,18-,19+/m1/s1. The summed E-state index contributed by atoms with van der Waals surface area (Å²) in [6.07, 6.45) is 14.8. The highest BCUT2D eigenvalue weighted by Gasteiger charge is 2.51. The van der Waals surface area contributed by atoms with E-state index in [2.05, 4.69) is 34.6 Å². The monoisotopic (exact) mass is 264 g/mol. The molecule has 0 spiro atoms. The highest BCUT2D eigenvalue weighted by molar-refractivity contribution is 5.01. The van der Waals surface area contributed by atoms with E-state index in [1.54, 1.807) is 0 Å². The highest BCUT2D eigenvalue weighted by atomic mass is 14.6. The van der Waals surface area contributed by atoms with Gasteiger partial charge in [0, 0.05) is 0 Å². The molecule has 2 aliphatic rings. The van der Waals surface area contributed by atoms with Crippen molar-refractivity contribution in [3.63, 3.8) is 0 Å². The van der Waals surface area contributed by atoms with Crippen molar-refractivity contribution in [1.29, 1.82) is 0 Å². The zero-order valence-corrected chi connectivity index (χ0v) is 14.1. The first-order valence-corrected chi connectivity index (χ1v) is 8.77. The van der Waals surface area contributed by atoms with E-state index in [0.29, 0.717) is 16.2 Å². The first kappa shape index (κ1) is 15.4. The Morgan fingerprint density at radius 1 is 0.947 bits per heavy atom. The Labute approximate surface area is 121 Å². The van der Waals surface area contributed by atoms with Gasteiger partial charge in [-0.2, -0.15) is 0 Å². The van der Waals surface area contributed by atoms with Crippen LogP contribution in [0.2, 0.25) is 0 Å². The second-order valence-electron chi connectivity index (χ2n) is 9.23. The molecule has 0 aromatic carbocycles. The molecule has 2 rings (SSSR count). The smallest absolute Gasteiger partial charge is 0.0244 e. The van der Waals surface area contributed by atoms with Gasteiger partial charge in [-0.3, -0.25) is 0 Å². The summed E-state index contributed by atoms with van der Waals surface area (Å²) in [5.41, 5.74) is 1.84. The molecule has 0 saturated heterocycles. The zero-order valence-electron chi connectivity index (χ0n) is 14.1. The van der Waals surface area contributed by atoms with E-state index < -0.39 is 0 Å². The first-order valence-electron chi connectivity index (χ1n) is 8.77. The number of rotatable bonds is 3. The third-order valence-electron chi connectivity index (χ3n) is 6.72. The van der Waals surface area contributed by atoms with Crippen molar-refractivity contribution in [3.05, 3.63) is 0 Å². The largest absolute Gasteiger partial charge is 0.0602 e. The van der Waals surface area contributed by atoms with Crippen LogP contribution < -0.4 is 0 Å². The molecule has 0 bridgehead atoms. The van der Waals surface area contributed by atoms with Gasteiger partial charge in [-0.1, -0.05) is 60.3 Å². The molecule has 0 nitrogen and oxygen atoms in total. The van der Waals surface area contributed by atoms with Crippen molar-refractivity contribution in [2.75, 3.05) is 0 Å². The molecule has 2 fully saturated rings. The number of hydrogen-bond donors (Lipinski definition) is 0. The molecule has 3 atom stereocenters. The molecular weight excluding hydrogens is 228 g/mol. The predicted molar refractivity (Wildman–Crippen MR) is 85.3 cm³/mol. The molecule has 0 amide bonds. The van der Waals surface area contributed by atoms with Crippen LogP contribution >= 0.6 is 0 Å². The minimum Gasteiger partial charge on any atom is -0.0602 e. The van der Waals surface area contributed by atoms with Crippen molar-refractivity contribution in [2.45, 2.75) is 98.8 Å². The fraction of sp³-hybridized carbons (Fsp3) is 1.00. The van der Waals surface area contributed by atoms with Gasteiger partial charge >= 0.3 is 0 Å². The van der Waals surface area contributed by atoms with Crippen LogP contribution in [0.3, 0.4) is 0 Å². The van der Waals surface area contributed by atoms with E-state index in [1.807, 2.05) is 0 Å². The van der Waals surface area contributed by atoms with Crippen LogP contribution in [0.4, 0.5) is 0 Å². The normalized spacial score (nSPS) is 39.9. The van der Waals surface area contributed by atoms with E-state index in [4.69, 9.17) is 0 Å². The lowest BCUT2D eigenvalue weighted by atomic mass is 9.47. The lowest BCUT2D eigenvalue weighted by Crippen LogP contribution is -2.48. The molecule has 0 aromatic heterocycles. The van der Waals surface area contributed by atoms with E-state index >= 15 is 0 Å². The average Bonchev–Trinajstić information content (AvgIpc) is 2.29. The zero-order chi connectivity index (χ0) is 14.1. The molecule has 0 aliphatic heterocycles. The van der Waals surface area contributed by atoms with Gasteiger partial charge in [-0.25, -0.2) is 0 Å². The van der Waals surface area contributed by atoms with Crippen LogP contribution in [0.15, 0.2) is 0 Å². The molecule has 0 aromatic rings. The molecule has 0 radical (unpaired) electrons.